The van der Waals surface area contributed by atoms with Crippen LogP contribution in [0.2, 0.25) is 0 Å². The van der Waals surface area contributed by atoms with Gasteiger partial charge >= 0.3 is 17.9 Å². The lowest BCUT2D eigenvalue weighted by Gasteiger charge is -2.21. The molecule has 0 aromatic heterocycles. The van der Waals surface area contributed by atoms with Crippen LogP contribution < -0.4 is 0 Å². The van der Waals surface area contributed by atoms with E-state index in [0.717, 1.165) is 90.1 Å². The number of rotatable bonds is 36. The predicted molar refractivity (Wildman–Crippen MR) is 197 cm³/mol. The number of carbonyl (C=O) groups excluding carboxylic acids is 3. The monoisotopic (exact) mass is 684 g/mol. The molecule has 0 aromatic rings. The zero-order valence-corrected chi connectivity index (χ0v) is 31.9. The summed E-state index contributed by atoms with van der Waals surface area (Å²) in [5, 5.41) is 9.50. The minimum absolute atomic E-state index is 0.00434. The standard InChI is InChI=1S/C40H77NO7/c1-5-8-10-12-16-22-28-37(27-21-15-11-9-6-2)48-38(43)29-23-17-13-18-24-30-41(32-33-42)31-25-19-14-20-26-34-47-40(45)36(4)35-39(44)46-7-3/h36-37,42H,5-35H2,1-4H3. The molecular weight excluding hydrogens is 606 g/mol. The Balaban J connectivity index is 4.01. The van der Waals surface area contributed by atoms with Gasteiger partial charge in [0.25, 0.3) is 0 Å². The Bertz CT molecular complexity index is 747. The third-order valence-corrected chi connectivity index (χ3v) is 9.12. The van der Waals surface area contributed by atoms with E-state index >= 15 is 0 Å². The van der Waals surface area contributed by atoms with E-state index in [4.69, 9.17) is 14.2 Å². The van der Waals surface area contributed by atoms with Crippen molar-refractivity contribution in [1.29, 1.82) is 0 Å². The number of hydrogen-bond acceptors (Lipinski definition) is 8. The molecule has 48 heavy (non-hydrogen) atoms. The summed E-state index contributed by atoms with van der Waals surface area (Å²) in [5.41, 5.74) is 0. The van der Waals surface area contributed by atoms with E-state index in [2.05, 4.69) is 18.7 Å². The fourth-order valence-electron chi connectivity index (χ4n) is 6.08. The van der Waals surface area contributed by atoms with Crippen LogP contribution in [0, 0.1) is 5.92 Å². The molecule has 0 saturated carbocycles. The normalized spacial score (nSPS) is 12.6. The van der Waals surface area contributed by atoms with Gasteiger partial charge in [-0.1, -0.05) is 117 Å². The van der Waals surface area contributed by atoms with Crippen molar-refractivity contribution in [1.82, 2.24) is 4.90 Å². The van der Waals surface area contributed by atoms with Crippen molar-refractivity contribution >= 4 is 17.9 Å². The Morgan fingerprint density at radius 3 is 1.62 bits per heavy atom. The lowest BCUT2D eigenvalue weighted by Crippen LogP contribution is -2.29. The molecule has 0 aliphatic rings. The lowest BCUT2D eigenvalue weighted by atomic mass is 10.0. The zero-order valence-electron chi connectivity index (χ0n) is 31.9. The minimum atomic E-state index is -0.475. The Hall–Kier alpha value is -1.67. The third kappa shape index (κ3) is 30.4. The maximum Gasteiger partial charge on any atom is 0.309 e. The van der Waals surface area contributed by atoms with Crippen LogP contribution in [0.1, 0.15) is 188 Å². The maximum absolute atomic E-state index is 12.6. The number of hydrogen-bond donors (Lipinski definition) is 1. The Labute approximate surface area is 295 Å². The molecule has 0 heterocycles. The molecule has 0 spiro atoms. The first-order valence-corrected chi connectivity index (χ1v) is 20.2. The van der Waals surface area contributed by atoms with E-state index in [1.165, 1.54) is 70.6 Å². The van der Waals surface area contributed by atoms with Crippen LogP contribution in [0.4, 0.5) is 0 Å². The molecule has 0 radical (unpaired) electrons. The Morgan fingerprint density at radius 1 is 0.583 bits per heavy atom. The first-order valence-electron chi connectivity index (χ1n) is 20.2. The van der Waals surface area contributed by atoms with Gasteiger partial charge in [-0.3, -0.25) is 14.4 Å². The predicted octanol–water partition coefficient (Wildman–Crippen LogP) is 9.73. The van der Waals surface area contributed by atoms with Crippen LogP contribution in [0.15, 0.2) is 0 Å². The van der Waals surface area contributed by atoms with E-state index in [1.54, 1.807) is 13.8 Å². The fourth-order valence-corrected chi connectivity index (χ4v) is 6.08. The van der Waals surface area contributed by atoms with Crippen LogP contribution in [-0.2, 0) is 28.6 Å². The average molecular weight is 684 g/mol. The van der Waals surface area contributed by atoms with E-state index in [9.17, 15) is 19.5 Å². The van der Waals surface area contributed by atoms with Crippen molar-refractivity contribution in [2.24, 2.45) is 5.92 Å². The summed E-state index contributed by atoms with van der Waals surface area (Å²) >= 11 is 0. The van der Waals surface area contributed by atoms with Crippen LogP contribution in [0.3, 0.4) is 0 Å². The number of aliphatic hydroxyl groups is 1. The molecule has 0 amide bonds. The van der Waals surface area contributed by atoms with Crippen molar-refractivity contribution in [3.63, 3.8) is 0 Å². The topological polar surface area (TPSA) is 102 Å². The van der Waals surface area contributed by atoms with Crippen LogP contribution in [-0.4, -0.2) is 73.5 Å². The Morgan fingerprint density at radius 2 is 1.08 bits per heavy atom. The molecule has 284 valence electrons. The van der Waals surface area contributed by atoms with Crippen LogP contribution in [0.5, 0.6) is 0 Å². The fraction of sp³-hybridized carbons (Fsp3) is 0.925. The van der Waals surface area contributed by atoms with Crippen molar-refractivity contribution < 1.29 is 33.7 Å². The van der Waals surface area contributed by atoms with Crippen molar-refractivity contribution in [2.75, 3.05) is 39.5 Å². The molecule has 2 atom stereocenters. The number of carbonyl (C=O) groups is 3. The van der Waals surface area contributed by atoms with E-state index in [1.807, 2.05) is 0 Å². The highest BCUT2D eigenvalue weighted by molar-refractivity contribution is 5.79. The van der Waals surface area contributed by atoms with Crippen molar-refractivity contribution in [3.05, 3.63) is 0 Å². The molecule has 0 bridgehead atoms. The SMILES string of the molecule is CCCCCCCCC(CCCCCCC)OC(=O)CCCCCCCN(CCO)CCCCCCCOC(=O)C(C)CC(=O)OCC. The number of esters is 3. The average Bonchev–Trinajstić information content (AvgIpc) is 3.06. The Kier molecular flexibility index (Phi) is 33.9. The summed E-state index contributed by atoms with van der Waals surface area (Å²) in [6.45, 7) is 11.5. The van der Waals surface area contributed by atoms with E-state index < -0.39 is 5.92 Å². The number of aliphatic hydroxyl groups excluding tert-OH is 1. The van der Waals surface area contributed by atoms with Gasteiger partial charge in [0.2, 0.25) is 0 Å². The molecular formula is C40H77NO7. The first-order chi connectivity index (χ1) is 23.4. The summed E-state index contributed by atoms with van der Waals surface area (Å²) in [6.07, 6.45) is 27.1. The number of unbranched alkanes of at least 4 members (excludes halogenated alkanes) is 17. The molecule has 8 heteroatoms. The van der Waals surface area contributed by atoms with Gasteiger partial charge in [0.05, 0.1) is 32.2 Å². The van der Waals surface area contributed by atoms with Crippen molar-refractivity contribution in [3.8, 4) is 0 Å². The molecule has 0 fully saturated rings. The van der Waals surface area contributed by atoms with Gasteiger partial charge in [0.15, 0.2) is 0 Å². The van der Waals surface area contributed by atoms with Gasteiger partial charge in [0, 0.05) is 13.0 Å². The maximum atomic E-state index is 12.6. The van der Waals surface area contributed by atoms with E-state index in [-0.39, 0.29) is 37.0 Å². The number of nitrogens with zero attached hydrogens (tertiary/aromatic N) is 1. The third-order valence-electron chi connectivity index (χ3n) is 9.12. The van der Waals surface area contributed by atoms with Gasteiger partial charge in [-0.05, 0) is 71.4 Å². The summed E-state index contributed by atoms with van der Waals surface area (Å²) in [5.74, 6) is -1.18. The van der Waals surface area contributed by atoms with Gasteiger partial charge < -0.3 is 24.2 Å². The lowest BCUT2D eigenvalue weighted by molar-refractivity contribution is -0.154. The molecule has 0 aromatic carbocycles. The summed E-state index contributed by atoms with van der Waals surface area (Å²) in [6, 6.07) is 0. The molecule has 2 unspecified atom stereocenters. The zero-order chi connectivity index (χ0) is 35.5. The summed E-state index contributed by atoms with van der Waals surface area (Å²) in [7, 11) is 0. The molecule has 1 N–H and O–H groups in total. The quantitative estimate of drug-likeness (QED) is 0.0396. The van der Waals surface area contributed by atoms with Crippen LogP contribution >= 0.6 is 0 Å². The largest absolute Gasteiger partial charge is 0.466 e. The van der Waals surface area contributed by atoms with E-state index in [0.29, 0.717) is 26.2 Å². The van der Waals surface area contributed by atoms with Crippen LogP contribution in [0.25, 0.3) is 0 Å². The second-order valence-electron chi connectivity index (χ2n) is 13.8. The van der Waals surface area contributed by atoms with Gasteiger partial charge in [-0.25, -0.2) is 0 Å². The van der Waals surface area contributed by atoms with Crippen molar-refractivity contribution in [2.45, 2.75) is 194 Å². The second kappa shape index (κ2) is 35.2. The molecule has 0 aliphatic carbocycles. The smallest absolute Gasteiger partial charge is 0.309 e. The molecule has 0 aliphatic heterocycles. The highest BCUT2D eigenvalue weighted by Gasteiger charge is 2.19. The molecule has 0 rings (SSSR count). The highest BCUT2D eigenvalue weighted by atomic mass is 16.5. The number of ether oxygens (including phenoxy) is 3. The van der Waals surface area contributed by atoms with Gasteiger partial charge in [0.1, 0.15) is 6.10 Å². The first kappa shape index (κ1) is 46.3. The highest BCUT2D eigenvalue weighted by Crippen LogP contribution is 2.18. The molecule has 0 saturated heterocycles. The van der Waals surface area contributed by atoms with Gasteiger partial charge in [-0.2, -0.15) is 0 Å². The molecule has 8 nitrogen and oxygen atoms in total. The summed E-state index contributed by atoms with van der Waals surface area (Å²) in [4.78, 5) is 38.5. The second-order valence-corrected chi connectivity index (χ2v) is 13.8. The minimum Gasteiger partial charge on any atom is -0.466 e. The van der Waals surface area contributed by atoms with Gasteiger partial charge in [-0.15, -0.1) is 0 Å². The summed E-state index contributed by atoms with van der Waals surface area (Å²) < 4.78 is 16.2.